The summed E-state index contributed by atoms with van der Waals surface area (Å²) in [6, 6.07) is 7.31. The standard InChI is InChI=1S/C13H14ClNO/c1-15(2)10-9-13(16)8-5-11-3-6-12(14)7-4-11/h3-10H,1-2H3/b8-5-,10-9-. The number of ketones is 1. The molecule has 0 unspecified atom stereocenters. The molecular formula is C13H14ClNO. The van der Waals surface area contributed by atoms with Crippen molar-refractivity contribution >= 4 is 23.5 Å². The van der Waals surface area contributed by atoms with E-state index < -0.39 is 0 Å². The maximum absolute atomic E-state index is 11.4. The number of halogens is 1. The zero-order valence-corrected chi connectivity index (χ0v) is 10.1. The van der Waals surface area contributed by atoms with Crippen molar-refractivity contribution in [3.05, 3.63) is 53.2 Å². The molecule has 0 amide bonds. The molecule has 0 saturated heterocycles. The summed E-state index contributed by atoms with van der Waals surface area (Å²) < 4.78 is 0. The molecule has 0 spiro atoms. The molecule has 0 heterocycles. The fraction of sp³-hybridized carbons (Fsp3) is 0.154. The predicted molar refractivity (Wildman–Crippen MR) is 68.3 cm³/mol. The van der Waals surface area contributed by atoms with Gasteiger partial charge in [-0.15, -0.1) is 0 Å². The van der Waals surface area contributed by atoms with Crippen LogP contribution in [0.25, 0.3) is 6.08 Å². The summed E-state index contributed by atoms with van der Waals surface area (Å²) >= 11 is 5.75. The fourth-order valence-electron chi connectivity index (χ4n) is 1.03. The summed E-state index contributed by atoms with van der Waals surface area (Å²) in [5, 5.41) is 0.691. The molecule has 16 heavy (non-hydrogen) atoms. The van der Waals surface area contributed by atoms with Gasteiger partial charge in [-0.25, -0.2) is 0 Å². The van der Waals surface area contributed by atoms with E-state index in [0.717, 1.165) is 5.56 Å². The van der Waals surface area contributed by atoms with Gasteiger partial charge in [0.05, 0.1) is 0 Å². The number of rotatable bonds is 4. The van der Waals surface area contributed by atoms with E-state index in [0.29, 0.717) is 5.02 Å². The number of hydrogen-bond donors (Lipinski definition) is 0. The second kappa shape index (κ2) is 6.13. The largest absolute Gasteiger partial charge is 0.383 e. The zero-order chi connectivity index (χ0) is 12.0. The lowest BCUT2D eigenvalue weighted by molar-refractivity contribution is -0.110. The first-order valence-corrected chi connectivity index (χ1v) is 5.28. The Balaban J connectivity index is 2.60. The van der Waals surface area contributed by atoms with Gasteiger partial charge in [-0.1, -0.05) is 29.8 Å². The highest BCUT2D eigenvalue weighted by Crippen LogP contribution is 2.10. The molecular weight excluding hydrogens is 222 g/mol. The first-order chi connectivity index (χ1) is 7.58. The van der Waals surface area contributed by atoms with E-state index in [9.17, 15) is 4.79 Å². The number of hydrogen-bond acceptors (Lipinski definition) is 2. The summed E-state index contributed by atoms with van der Waals surface area (Å²) in [6.45, 7) is 0. The Kier molecular flexibility index (Phi) is 4.80. The molecule has 0 saturated carbocycles. The SMILES string of the molecule is CN(C)/C=C\C(=O)/C=C\c1ccc(Cl)cc1. The van der Waals surface area contributed by atoms with Crippen molar-refractivity contribution in [2.45, 2.75) is 0 Å². The van der Waals surface area contributed by atoms with E-state index in [1.807, 2.05) is 31.1 Å². The van der Waals surface area contributed by atoms with Crippen LogP contribution < -0.4 is 0 Å². The van der Waals surface area contributed by atoms with Crippen LogP contribution in [0, 0.1) is 0 Å². The van der Waals surface area contributed by atoms with Gasteiger partial charge in [-0.05, 0) is 23.8 Å². The van der Waals surface area contributed by atoms with Crippen LogP contribution in [0.1, 0.15) is 5.56 Å². The lowest BCUT2D eigenvalue weighted by atomic mass is 10.2. The van der Waals surface area contributed by atoms with Crippen LogP contribution in [0.2, 0.25) is 5.02 Å². The first kappa shape index (κ1) is 12.5. The van der Waals surface area contributed by atoms with Gasteiger partial charge in [-0.2, -0.15) is 0 Å². The molecule has 84 valence electrons. The number of carbonyl (C=O) groups excluding carboxylic acids is 1. The van der Waals surface area contributed by atoms with Crippen molar-refractivity contribution < 1.29 is 4.79 Å². The van der Waals surface area contributed by atoms with E-state index in [-0.39, 0.29) is 5.78 Å². The second-order valence-electron chi connectivity index (χ2n) is 3.57. The predicted octanol–water partition coefficient (Wildman–Crippen LogP) is 3.00. The average molecular weight is 236 g/mol. The van der Waals surface area contributed by atoms with Crippen molar-refractivity contribution in [2.24, 2.45) is 0 Å². The highest BCUT2D eigenvalue weighted by atomic mass is 35.5. The third-order valence-corrected chi connectivity index (χ3v) is 2.10. The van der Waals surface area contributed by atoms with Crippen molar-refractivity contribution in [1.82, 2.24) is 4.90 Å². The molecule has 0 radical (unpaired) electrons. The molecule has 0 aliphatic rings. The van der Waals surface area contributed by atoms with Crippen LogP contribution in [0.15, 0.2) is 42.6 Å². The van der Waals surface area contributed by atoms with E-state index >= 15 is 0 Å². The van der Waals surface area contributed by atoms with Gasteiger partial charge < -0.3 is 4.90 Å². The zero-order valence-electron chi connectivity index (χ0n) is 9.35. The van der Waals surface area contributed by atoms with E-state index in [2.05, 4.69) is 0 Å². The number of allylic oxidation sites excluding steroid dienone is 2. The van der Waals surface area contributed by atoms with Crippen LogP contribution >= 0.6 is 11.6 Å². The molecule has 0 aromatic heterocycles. The van der Waals surface area contributed by atoms with E-state index in [1.165, 1.54) is 12.2 Å². The topological polar surface area (TPSA) is 20.3 Å². The quantitative estimate of drug-likeness (QED) is 0.748. The van der Waals surface area contributed by atoms with Gasteiger partial charge in [0.2, 0.25) is 0 Å². The number of benzene rings is 1. The minimum atomic E-state index is -0.0383. The number of carbonyl (C=O) groups is 1. The van der Waals surface area contributed by atoms with Gasteiger partial charge in [0.15, 0.2) is 5.78 Å². The van der Waals surface area contributed by atoms with E-state index in [4.69, 9.17) is 11.6 Å². The molecule has 1 aromatic carbocycles. The third kappa shape index (κ3) is 4.80. The van der Waals surface area contributed by atoms with E-state index in [1.54, 1.807) is 24.4 Å². The first-order valence-electron chi connectivity index (χ1n) is 4.90. The Morgan fingerprint density at radius 1 is 1.19 bits per heavy atom. The average Bonchev–Trinajstić information content (AvgIpc) is 2.25. The second-order valence-corrected chi connectivity index (χ2v) is 4.00. The Labute approximate surface area is 101 Å². The third-order valence-electron chi connectivity index (χ3n) is 1.85. The molecule has 1 rings (SSSR count). The summed E-state index contributed by atoms with van der Waals surface area (Å²) in [4.78, 5) is 13.2. The fourth-order valence-corrected chi connectivity index (χ4v) is 1.16. The van der Waals surface area contributed by atoms with Crippen molar-refractivity contribution in [2.75, 3.05) is 14.1 Å². The monoisotopic (exact) mass is 235 g/mol. The summed E-state index contributed by atoms with van der Waals surface area (Å²) in [7, 11) is 3.74. The highest BCUT2D eigenvalue weighted by Gasteiger charge is 1.91. The Hall–Kier alpha value is -1.54. The molecule has 0 fully saturated rings. The minimum absolute atomic E-state index is 0.0383. The van der Waals surface area contributed by atoms with Gasteiger partial charge in [0.25, 0.3) is 0 Å². The molecule has 3 heteroatoms. The van der Waals surface area contributed by atoms with Crippen molar-refractivity contribution in [1.29, 1.82) is 0 Å². The highest BCUT2D eigenvalue weighted by molar-refractivity contribution is 6.30. The van der Waals surface area contributed by atoms with Crippen LogP contribution in [-0.2, 0) is 4.79 Å². The van der Waals surface area contributed by atoms with Crippen LogP contribution in [-0.4, -0.2) is 24.8 Å². The summed E-state index contributed by atoms with van der Waals surface area (Å²) in [6.07, 6.45) is 6.53. The smallest absolute Gasteiger partial charge is 0.180 e. The lowest BCUT2D eigenvalue weighted by Gasteiger charge is -2.01. The molecule has 0 N–H and O–H groups in total. The summed E-state index contributed by atoms with van der Waals surface area (Å²) in [5.41, 5.74) is 0.955. The van der Waals surface area contributed by atoms with Crippen LogP contribution in [0.5, 0.6) is 0 Å². The Bertz CT molecular complexity index is 404. The number of nitrogens with zero attached hydrogens (tertiary/aromatic N) is 1. The van der Waals surface area contributed by atoms with Gasteiger partial charge in [0, 0.05) is 31.4 Å². The molecule has 0 bridgehead atoms. The maximum Gasteiger partial charge on any atom is 0.180 e. The Morgan fingerprint density at radius 3 is 2.38 bits per heavy atom. The van der Waals surface area contributed by atoms with Crippen molar-refractivity contribution in [3.8, 4) is 0 Å². The summed E-state index contributed by atoms with van der Waals surface area (Å²) in [5.74, 6) is -0.0383. The Morgan fingerprint density at radius 2 is 1.81 bits per heavy atom. The van der Waals surface area contributed by atoms with Gasteiger partial charge in [0.1, 0.15) is 0 Å². The van der Waals surface area contributed by atoms with Gasteiger partial charge >= 0.3 is 0 Å². The lowest BCUT2D eigenvalue weighted by Crippen LogP contribution is -2.01. The minimum Gasteiger partial charge on any atom is -0.383 e. The van der Waals surface area contributed by atoms with Crippen LogP contribution in [0.4, 0.5) is 0 Å². The normalized spacial score (nSPS) is 11.2. The molecule has 0 aliphatic heterocycles. The molecule has 1 aromatic rings. The molecule has 2 nitrogen and oxygen atoms in total. The molecule has 0 atom stereocenters. The van der Waals surface area contributed by atoms with Crippen LogP contribution in [0.3, 0.4) is 0 Å². The van der Waals surface area contributed by atoms with Crippen molar-refractivity contribution in [3.63, 3.8) is 0 Å². The molecule has 0 aliphatic carbocycles. The maximum atomic E-state index is 11.4. The van der Waals surface area contributed by atoms with Gasteiger partial charge in [-0.3, -0.25) is 4.79 Å².